The number of hydrogen-bond donors (Lipinski definition) is 0. The van der Waals surface area contributed by atoms with Crippen molar-refractivity contribution in [2.45, 2.75) is 18.7 Å². The van der Waals surface area contributed by atoms with Crippen molar-refractivity contribution in [1.82, 2.24) is 4.98 Å². The first kappa shape index (κ1) is 18.9. The Morgan fingerprint density at radius 3 is 1.96 bits per heavy atom. The zero-order chi connectivity index (χ0) is 19.0. The van der Waals surface area contributed by atoms with E-state index in [1.807, 2.05) is 0 Å². The number of aromatic nitrogens is 1. The number of alkyl halides is 9. The first-order chi connectivity index (χ1) is 11.3. The fourth-order valence-electron chi connectivity index (χ4n) is 2.06. The number of rotatable bonds is 2. The summed E-state index contributed by atoms with van der Waals surface area (Å²) in [5.41, 5.74) is -5.78. The second kappa shape index (κ2) is 6.12. The molecule has 0 unspecified atom stereocenters. The Balaban J connectivity index is 2.66. The molecule has 0 fully saturated rings. The van der Waals surface area contributed by atoms with Gasteiger partial charge in [0, 0.05) is 6.20 Å². The van der Waals surface area contributed by atoms with Crippen molar-refractivity contribution < 1.29 is 44.3 Å². The lowest BCUT2D eigenvalue weighted by atomic mass is 9.98. The molecule has 0 bridgehead atoms. The highest BCUT2D eigenvalue weighted by Gasteiger charge is 2.46. The van der Waals surface area contributed by atoms with Gasteiger partial charge in [0.2, 0.25) is 0 Å². The zero-order valence-electron chi connectivity index (χ0n) is 11.7. The van der Waals surface area contributed by atoms with Gasteiger partial charge in [-0.2, -0.15) is 26.3 Å². The molecule has 0 radical (unpaired) electrons. The molecule has 0 aliphatic rings. The Hall–Kier alpha value is -2.46. The number of hydrogen-bond acceptors (Lipinski definition) is 2. The van der Waals surface area contributed by atoms with Gasteiger partial charge in [-0.25, -0.2) is 0 Å². The van der Waals surface area contributed by atoms with Gasteiger partial charge in [0.15, 0.2) is 5.69 Å². The maximum atomic E-state index is 13.1. The van der Waals surface area contributed by atoms with Crippen molar-refractivity contribution in [3.8, 4) is 16.9 Å². The van der Waals surface area contributed by atoms with Crippen LogP contribution in [0.3, 0.4) is 0 Å². The summed E-state index contributed by atoms with van der Waals surface area (Å²) in [7, 11) is 0. The molecule has 136 valence electrons. The number of benzene rings is 1. The maximum absolute atomic E-state index is 13.1. The van der Waals surface area contributed by atoms with E-state index < -0.39 is 46.8 Å². The Morgan fingerprint density at radius 1 is 0.800 bits per heavy atom. The van der Waals surface area contributed by atoms with Gasteiger partial charge in [0.1, 0.15) is 5.75 Å². The average molecular weight is 375 g/mol. The van der Waals surface area contributed by atoms with E-state index in [1.165, 1.54) is 0 Å². The fourth-order valence-corrected chi connectivity index (χ4v) is 2.06. The van der Waals surface area contributed by atoms with Crippen molar-refractivity contribution in [1.29, 1.82) is 0 Å². The summed E-state index contributed by atoms with van der Waals surface area (Å²) in [6.07, 6.45) is -15.5. The number of nitrogens with zero attached hydrogens (tertiary/aromatic N) is 1. The molecule has 0 saturated carbocycles. The second-order valence-electron chi connectivity index (χ2n) is 4.65. The van der Waals surface area contributed by atoms with Crippen LogP contribution in [-0.4, -0.2) is 11.3 Å². The van der Waals surface area contributed by atoms with E-state index in [1.54, 1.807) is 0 Å². The maximum Gasteiger partial charge on any atom is 0.573 e. The summed E-state index contributed by atoms with van der Waals surface area (Å²) in [6, 6.07) is 3.83. The van der Waals surface area contributed by atoms with E-state index in [-0.39, 0.29) is 0 Å². The lowest BCUT2D eigenvalue weighted by molar-refractivity contribution is -0.274. The Bertz CT molecular complexity index is 762. The smallest absolute Gasteiger partial charge is 0.406 e. The summed E-state index contributed by atoms with van der Waals surface area (Å²) in [4.78, 5) is 2.73. The van der Waals surface area contributed by atoms with Crippen LogP contribution in [0.5, 0.6) is 5.75 Å². The topological polar surface area (TPSA) is 22.1 Å². The standard InChI is InChI=1S/C14H6F9NO/c15-12(16,17)10-9(4-5-24-11(10)13(18,19)20)7-2-1-3-8(6-7)25-14(21,22)23/h1-6H. The molecule has 1 aromatic heterocycles. The molecule has 1 aromatic carbocycles. The van der Waals surface area contributed by atoms with Crippen molar-refractivity contribution in [2.75, 3.05) is 0 Å². The minimum Gasteiger partial charge on any atom is -0.406 e. The van der Waals surface area contributed by atoms with Gasteiger partial charge in [0.25, 0.3) is 0 Å². The van der Waals surface area contributed by atoms with Gasteiger partial charge in [-0.3, -0.25) is 4.98 Å². The zero-order valence-corrected chi connectivity index (χ0v) is 11.7. The van der Waals surface area contributed by atoms with Crippen LogP contribution in [-0.2, 0) is 12.4 Å². The van der Waals surface area contributed by atoms with Crippen LogP contribution in [0.25, 0.3) is 11.1 Å². The average Bonchev–Trinajstić information content (AvgIpc) is 2.43. The molecule has 0 spiro atoms. The van der Waals surface area contributed by atoms with Crippen LogP contribution in [0.1, 0.15) is 11.3 Å². The highest BCUT2D eigenvalue weighted by atomic mass is 19.4. The van der Waals surface area contributed by atoms with Gasteiger partial charge in [-0.05, 0) is 29.3 Å². The summed E-state index contributed by atoms with van der Waals surface area (Å²) in [6.45, 7) is 0. The molecule has 0 N–H and O–H groups in total. The lowest BCUT2D eigenvalue weighted by Gasteiger charge is -2.18. The normalized spacial score (nSPS) is 13.0. The minimum atomic E-state index is -5.44. The van der Waals surface area contributed by atoms with Gasteiger partial charge in [-0.1, -0.05) is 12.1 Å². The minimum absolute atomic E-state index is 0.491. The molecule has 2 nitrogen and oxygen atoms in total. The highest BCUT2D eigenvalue weighted by Crippen LogP contribution is 2.44. The summed E-state index contributed by atoms with van der Waals surface area (Å²) >= 11 is 0. The highest BCUT2D eigenvalue weighted by molar-refractivity contribution is 5.70. The predicted molar refractivity (Wildman–Crippen MR) is 66.4 cm³/mol. The summed E-state index contributed by atoms with van der Waals surface area (Å²) in [5.74, 6) is -0.872. The third kappa shape index (κ3) is 4.54. The fraction of sp³-hybridized carbons (Fsp3) is 0.214. The molecule has 2 rings (SSSR count). The molecule has 0 atom stereocenters. The van der Waals surface area contributed by atoms with E-state index in [2.05, 4.69) is 9.72 Å². The molecular formula is C14H6F9NO. The van der Waals surface area contributed by atoms with Crippen LogP contribution in [0.4, 0.5) is 39.5 Å². The lowest BCUT2D eigenvalue weighted by Crippen LogP contribution is -2.20. The number of halogens is 9. The largest absolute Gasteiger partial charge is 0.573 e. The molecule has 11 heteroatoms. The van der Waals surface area contributed by atoms with E-state index >= 15 is 0 Å². The molecule has 1 heterocycles. The molecule has 0 aliphatic carbocycles. The van der Waals surface area contributed by atoms with Crippen LogP contribution in [0.2, 0.25) is 0 Å². The third-order valence-corrected chi connectivity index (χ3v) is 2.88. The number of ether oxygens (including phenoxy) is 1. The van der Waals surface area contributed by atoms with Crippen LogP contribution >= 0.6 is 0 Å². The van der Waals surface area contributed by atoms with Crippen molar-refractivity contribution in [3.05, 3.63) is 47.8 Å². The van der Waals surface area contributed by atoms with E-state index in [0.717, 1.165) is 18.2 Å². The van der Waals surface area contributed by atoms with Crippen LogP contribution in [0, 0.1) is 0 Å². The molecule has 2 aromatic rings. The van der Waals surface area contributed by atoms with E-state index in [9.17, 15) is 39.5 Å². The third-order valence-electron chi connectivity index (χ3n) is 2.88. The Morgan fingerprint density at radius 2 is 1.44 bits per heavy atom. The molecule has 25 heavy (non-hydrogen) atoms. The van der Waals surface area contributed by atoms with Crippen LogP contribution in [0.15, 0.2) is 36.5 Å². The first-order valence-electron chi connectivity index (χ1n) is 6.28. The van der Waals surface area contributed by atoms with Gasteiger partial charge in [0.05, 0.1) is 5.56 Å². The monoisotopic (exact) mass is 375 g/mol. The van der Waals surface area contributed by atoms with Gasteiger partial charge in [-0.15, -0.1) is 13.2 Å². The SMILES string of the molecule is FC(F)(F)Oc1cccc(-c2ccnc(C(F)(F)F)c2C(F)(F)F)c1. The Kier molecular flexibility index (Phi) is 4.62. The molecule has 0 aliphatic heterocycles. The quantitative estimate of drug-likeness (QED) is 0.630. The van der Waals surface area contributed by atoms with Gasteiger partial charge >= 0.3 is 18.7 Å². The molecule has 0 amide bonds. The molecular weight excluding hydrogens is 369 g/mol. The van der Waals surface area contributed by atoms with E-state index in [0.29, 0.717) is 18.3 Å². The number of pyridine rings is 1. The first-order valence-corrected chi connectivity index (χ1v) is 6.28. The van der Waals surface area contributed by atoms with Crippen LogP contribution < -0.4 is 4.74 Å². The van der Waals surface area contributed by atoms with E-state index in [4.69, 9.17) is 0 Å². The van der Waals surface area contributed by atoms with Crippen molar-refractivity contribution >= 4 is 0 Å². The second-order valence-corrected chi connectivity index (χ2v) is 4.65. The predicted octanol–water partition coefficient (Wildman–Crippen LogP) is 5.68. The summed E-state index contributed by atoms with van der Waals surface area (Å²) in [5, 5.41) is 0. The Labute approximate surface area is 133 Å². The summed E-state index contributed by atoms with van der Waals surface area (Å²) < 4.78 is 118. The van der Waals surface area contributed by atoms with Crippen molar-refractivity contribution in [3.63, 3.8) is 0 Å². The van der Waals surface area contributed by atoms with Gasteiger partial charge < -0.3 is 4.74 Å². The van der Waals surface area contributed by atoms with Crippen molar-refractivity contribution in [2.24, 2.45) is 0 Å². The molecule has 0 saturated heterocycles.